The maximum Gasteiger partial charge on any atom is 0.240 e. The summed E-state index contributed by atoms with van der Waals surface area (Å²) >= 11 is 0. The summed E-state index contributed by atoms with van der Waals surface area (Å²) in [5.74, 6) is 0.0698. The first kappa shape index (κ1) is 18.8. The Morgan fingerprint density at radius 2 is 1.96 bits per heavy atom. The van der Waals surface area contributed by atoms with E-state index >= 15 is 0 Å². The van der Waals surface area contributed by atoms with Crippen LogP contribution in [0.25, 0.3) is 0 Å². The maximum atomic E-state index is 14.0. The van der Waals surface area contributed by atoms with Crippen LogP contribution >= 0.6 is 12.4 Å². The molecule has 0 bridgehead atoms. The third kappa shape index (κ3) is 4.49. The largest absolute Gasteiger partial charge is 0.338 e. The van der Waals surface area contributed by atoms with Crippen LogP contribution < -0.4 is 5.73 Å². The number of aromatic nitrogens is 2. The average molecular weight is 359 g/mol. The fourth-order valence-corrected chi connectivity index (χ4v) is 3.09. The molecule has 0 aliphatic heterocycles. The summed E-state index contributed by atoms with van der Waals surface area (Å²) in [6.07, 6.45) is 4.37. The molecule has 1 aromatic heterocycles. The van der Waals surface area contributed by atoms with Gasteiger partial charge in [0.15, 0.2) is 5.82 Å². The van der Waals surface area contributed by atoms with Gasteiger partial charge in [0.05, 0.1) is 13.1 Å². The molecule has 1 aliphatic rings. The van der Waals surface area contributed by atoms with Crippen molar-refractivity contribution in [3.8, 4) is 0 Å². The van der Waals surface area contributed by atoms with Crippen LogP contribution in [-0.4, -0.2) is 21.1 Å². The normalized spacial score (nSPS) is 15.0. The van der Waals surface area contributed by atoms with Crippen molar-refractivity contribution in [3.63, 3.8) is 0 Å². The van der Waals surface area contributed by atoms with E-state index in [-0.39, 0.29) is 19.0 Å². The van der Waals surface area contributed by atoms with Crippen LogP contribution in [0.1, 0.15) is 43.0 Å². The van der Waals surface area contributed by atoms with Crippen molar-refractivity contribution in [1.82, 2.24) is 15.0 Å². The van der Waals surface area contributed by atoms with Crippen LogP contribution in [0.5, 0.6) is 0 Å². The van der Waals surface area contributed by atoms with Gasteiger partial charge in [-0.3, -0.25) is 4.90 Å². The molecule has 1 heterocycles. The predicted octanol–water partition coefficient (Wildman–Crippen LogP) is 3.17. The predicted molar refractivity (Wildman–Crippen MR) is 87.3 cm³/mol. The average Bonchev–Trinajstić information content (AvgIpc) is 3.21. The first-order chi connectivity index (χ1) is 11.2. The molecule has 2 N–H and O–H groups in total. The summed E-state index contributed by atoms with van der Waals surface area (Å²) in [5.41, 5.74) is 5.82. The Balaban J connectivity index is 0.00000208. The molecule has 1 fully saturated rings. The highest BCUT2D eigenvalue weighted by molar-refractivity contribution is 5.85. The van der Waals surface area contributed by atoms with E-state index in [4.69, 9.17) is 10.3 Å². The molecule has 2 aromatic rings. The molecule has 1 aliphatic carbocycles. The molecular formula is C16H21ClF2N4O. The monoisotopic (exact) mass is 358 g/mol. The van der Waals surface area contributed by atoms with E-state index in [1.807, 2.05) is 0 Å². The first-order valence-corrected chi connectivity index (χ1v) is 7.85. The van der Waals surface area contributed by atoms with Gasteiger partial charge in [-0.1, -0.05) is 18.0 Å². The van der Waals surface area contributed by atoms with E-state index in [0.717, 1.165) is 31.7 Å². The second-order valence-corrected chi connectivity index (χ2v) is 5.89. The fourth-order valence-electron chi connectivity index (χ4n) is 3.09. The smallest absolute Gasteiger partial charge is 0.240 e. The standard InChI is InChI=1S/C16H20F2N4O.ClH/c17-12-5-6-14(18)11(7-12)9-22(13-3-1-2-4-13)10-15-20-16(8-19)23-21-15;/h5-7,13H,1-4,8-10,19H2;1H. The number of nitrogens with zero attached hydrogens (tertiary/aromatic N) is 3. The zero-order chi connectivity index (χ0) is 16.2. The second kappa shape index (κ2) is 8.50. The third-order valence-electron chi connectivity index (χ3n) is 4.25. The SMILES string of the molecule is Cl.NCc1nc(CN(Cc2cc(F)ccc2F)C2CCCC2)no1. The molecule has 24 heavy (non-hydrogen) atoms. The van der Waals surface area contributed by atoms with Crippen LogP contribution in [0.4, 0.5) is 8.78 Å². The van der Waals surface area contributed by atoms with Crippen LogP contribution in [0.2, 0.25) is 0 Å². The zero-order valence-electron chi connectivity index (χ0n) is 13.3. The summed E-state index contributed by atoms with van der Waals surface area (Å²) in [5, 5.41) is 3.90. The Kier molecular flexibility index (Phi) is 6.65. The minimum absolute atomic E-state index is 0. The highest BCUT2D eigenvalue weighted by Crippen LogP contribution is 2.27. The van der Waals surface area contributed by atoms with Crippen molar-refractivity contribution in [2.45, 2.75) is 51.4 Å². The minimum Gasteiger partial charge on any atom is -0.338 e. The molecule has 0 radical (unpaired) electrons. The number of hydrogen-bond acceptors (Lipinski definition) is 5. The quantitative estimate of drug-likeness (QED) is 0.859. The van der Waals surface area contributed by atoms with Crippen LogP contribution in [0.3, 0.4) is 0 Å². The van der Waals surface area contributed by atoms with Gasteiger partial charge in [0.25, 0.3) is 0 Å². The Morgan fingerprint density at radius 3 is 2.62 bits per heavy atom. The van der Waals surface area contributed by atoms with Crippen molar-refractivity contribution in [1.29, 1.82) is 0 Å². The molecule has 1 aromatic carbocycles. The molecule has 8 heteroatoms. The summed E-state index contributed by atoms with van der Waals surface area (Å²) in [7, 11) is 0. The summed E-state index contributed by atoms with van der Waals surface area (Å²) < 4.78 is 32.4. The van der Waals surface area contributed by atoms with E-state index in [9.17, 15) is 8.78 Å². The highest BCUT2D eigenvalue weighted by Gasteiger charge is 2.25. The molecule has 132 valence electrons. The fraction of sp³-hybridized carbons (Fsp3) is 0.500. The molecular weight excluding hydrogens is 338 g/mol. The van der Waals surface area contributed by atoms with Gasteiger partial charge in [-0.2, -0.15) is 4.98 Å². The van der Waals surface area contributed by atoms with Gasteiger partial charge >= 0.3 is 0 Å². The molecule has 0 unspecified atom stereocenters. The molecule has 1 saturated carbocycles. The van der Waals surface area contributed by atoms with E-state index in [2.05, 4.69) is 15.0 Å². The number of benzene rings is 1. The number of hydrogen-bond donors (Lipinski definition) is 1. The minimum atomic E-state index is -0.433. The van der Waals surface area contributed by atoms with E-state index in [1.54, 1.807) is 0 Å². The number of halogens is 3. The van der Waals surface area contributed by atoms with Gasteiger partial charge < -0.3 is 10.3 Å². The van der Waals surface area contributed by atoms with Crippen molar-refractivity contribution in [3.05, 3.63) is 47.1 Å². The lowest BCUT2D eigenvalue weighted by molar-refractivity contribution is 0.171. The van der Waals surface area contributed by atoms with E-state index in [0.29, 0.717) is 36.4 Å². The van der Waals surface area contributed by atoms with Gasteiger partial charge in [-0.15, -0.1) is 12.4 Å². The van der Waals surface area contributed by atoms with Gasteiger partial charge in [0.2, 0.25) is 5.89 Å². The summed E-state index contributed by atoms with van der Waals surface area (Å²) in [4.78, 5) is 6.30. The Bertz CT molecular complexity index is 661. The van der Waals surface area contributed by atoms with Gasteiger partial charge in [-0.25, -0.2) is 8.78 Å². The molecule has 5 nitrogen and oxygen atoms in total. The lowest BCUT2D eigenvalue weighted by Crippen LogP contribution is -2.33. The summed E-state index contributed by atoms with van der Waals surface area (Å²) in [6, 6.07) is 3.86. The Morgan fingerprint density at radius 1 is 1.21 bits per heavy atom. The Labute approximate surface area is 145 Å². The van der Waals surface area contributed by atoms with Gasteiger partial charge in [0, 0.05) is 18.2 Å². The van der Waals surface area contributed by atoms with Crippen LogP contribution in [0, 0.1) is 11.6 Å². The number of rotatable bonds is 6. The van der Waals surface area contributed by atoms with Crippen LogP contribution in [0.15, 0.2) is 22.7 Å². The first-order valence-electron chi connectivity index (χ1n) is 7.85. The van der Waals surface area contributed by atoms with Gasteiger partial charge in [0.1, 0.15) is 11.6 Å². The lowest BCUT2D eigenvalue weighted by Gasteiger charge is -2.27. The van der Waals surface area contributed by atoms with Crippen molar-refractivity contribution in [2.75, 3.05) is 0 Å². The van der Waals surface area contributed by atoms with E-state index in [1.165, 1.54) is 12.1 Å². The molecule has 0 atom stereocenters. The van der Waals surface area contributed by atoms with Crippen molar-refractivity contribution < 1.29 is 13.3 Å². The second-order valence-electron chi connectivity index (χ2n) is 5.89. The van der Waals surface area contributed by atoms with E-state index < -0.39 is 11.6 Å². The molecule has 0 amide bonds. The molecule has 0 spiro atoms. The van der Waals surface area contributed by atoms with Crippen molar-refractivity contribution in [2.24, 2.45) is 5.73 Å². The zero-order valence-corrected chi connectivity index (χ0v) is 14.1. The topological polar surface area (TPSA) is 68.2 Å². The highest BCUT2D eigenvalue weighted by atomic mass is 35.5. The maximum absolute atomic E-state index is 14.0. The number of nitrogens with two attached hydrogens (primary N) is 1. The molecule has 3 rings (SSSR count). The summed E-state index contributed by atoms with van der Waals surface area (Å²) in [6.45, 7) is 0.944. The molecule has 0 saturated heterocycles. The van der Waals surface area contributed by atoms with Gasteiger partial charge in [-0.05, 0) is 31.0 Å². The van der Waals surface area contributed by atoms with Crippen molar-refractivity contribution >= 4 is 12.4 Å². The van der Waals surface area contributed by atoms with Crippen LogP contribution in [-0.2, 0) is 19.6 Å². The Hall–Kier alpha value is -1.57. The lowest BCUT2D eigenvalue weighted by atomic mass is 10.1. The third-order valence-corrected chi connectivity index (χ3v) is 4.25.